The summed E-state index contributed by atoms with van der Waals surface area (Å²) in [7, 11) is 1.69. The van der Waals surface area contributed by atoms with Crippen LogP contribution in [0.4, 0.5) is 17.1 Å². The van der Waals surface area contributed by atoms with Crippen molar-refractivity contribution >= 4 is 28.9 Å². The van der Waals surface area contributed by atoms with Crippen molar-refractivity contribution in [2.24, 2.45) is 0 Å². The summed E-state index contributed by atoms with van der Waals surface area (Å²) in [6, 6.07) is 23.6. The molecule has 0 atom stereocenters. The van der Waals surface area contributed by atoms with Crippen molar-refractivity contribution in [3.8, 4) is 5.75 Å². The maximum absolute atomic E-state index is 13.2. The van der Waals surface area contributed by atoms with Crippen molar-refractivity contribution in [2.75, 3.05) is 48.4 Å². The molecule has 0 unspecified atom stereocenters. The van der Waals surface area contributed by atoms with E-state index in [2.05, 4.69) is 26.5 Å². The molecular formula is C29H32N4O3. The van der Waals surface area contributed by atoms with Crippen molar-refractivity contribution in [3.63, 3.8) is 0 Å². The number of carbonyl (C=O) groups is 2. The van der Waals surface area contributed by atoms with E-state index < -0.39 is 0 Å². The molecule has 186 valence electrons. The highest BCUT2D eigenvalue weighted by Crippen LogP contribution is 2.31. The number of piperazine rings is 1. The fraction of sp³-hybridized carbons (Fsp3) is 0.310. The maximum Gasteiger partial charge on any atom is 0.253 e. The Bertz CT molecular complexity index is 1220. The van der Waals surface area contributed by atoms with E-state index in [0.717, 1.165) is 61.7 Å². The van der Waals surface area contributed by atoms with Crippen LogP contribution in [0.25, 0.3) is 0 Å². The predicted molar refractivity (Wildman–Crippen MR) is 143 cm³/mol. The minimum absolute atomic E-state index is 0.0844. The molecule has 1 aliphatic heterocycles. The molecule has 0 bridgehead atoms. The standard InChI is InChI=1S/C29H32N4O3/c1-36-27-10-6-5-9-26(27)33-17-15-32(16-18-33)25-14-13-23(20-24(25)29(35)31-22-11-12-22)30-28(34)19-21-7-3-2-4-8-21/h2-10,13-14,20,22H,11-12,15-19H2,1H3,(H,30,34)(H,31,35). The van der Waals surface area contributed by atoms with Gasteiger partial charge in [0.25, 0.3) is 5.91 Å². The Morgan fingerprint density at radius 2 is 1.53 bits per heavy atom. The van der Waals surface area contributed by atoms with Gasteiger partial charge in [0.15, 0.2) is 0 Å². The van der Waals surface area contributed by atoms with E-state index in [1.165, 1.54) is 0 Å². The predicted octanol–water partition coefficient (Wildman–Crippen LogP) is 4.10. The molecular weight excluding hydrogens is 452 g/mol. The highest BCUT2D eigenvalue weighted by molar-refractivity contribution is 6.02. The van der Waals surface area contributed by atoms with E-state index in [4.69, 9.17) is 4.74 Å². The van der Waals surface area contributed by atoms with E-state index in [0.29, 0.717) is 11.3 Å². The average molecular weight is 485 g/mol. The van der Waals surface area contributed by atoms with Crippen molar-refractivity contribution in [1.82, 2.24) is 5.32 Å². The summed E-state index contributed by atoms with van der Waals surface area (Å²) >= 11 is 0. The smallest absolute Gasteiger partial charge is 0.253 e. The molecule has 3 aromatic rings. The Labute approximate surface area is 212 Å². The number of rotatable bonds is 8. The van der Waals surface area contributed by atoms with Crippen LogP contribution in [-0.2, 0) is 11.2 Å². The lowest BCUT2D eigenvalue weighted by Gasteiger charge is -2.38. The van der Waals surface area contributed by atoms with Crippen molar-refractivity contribution in [1.29, 1.82) is 0 Å². The lowest BCUT2D eigenvalue weighted by atomic mass is 10.1. The monoisotopic (exact) mass is 484 g/mol. The van der Waals surface area contributed by atoms with Gasteiger partial charge in [0.05, 0.1) is 24.8 Å². The molecule has 1 heterocycles. The molecule has 3 aromatic carbocycles. The van der Waals surface area contributed by atoms with E-state index in [9.17, 15) is 9.59 Å². The number of anilines is 3. The van der Waals surface area contributed by atoms with Gasteiger partial charge >= 0.3 is 0 Å². The van der Waals surface area contributed by atoms with Crippen LogP contribution in [0.1, 0.15) is 28.8 Å². The second kappa shape index (κ2) is 10.7. The van der Waals surface area contributed by atoms with Gasteiger partial charge in [-0.3, -0.25) is 9.59 Å². The third-order valence-electron chi connectivity index (χ3n) is 6.69. The Hall–Kier alpha value is -4.00. The van der Waals surface area contributed by atoms with E-state index in [1.807, 2.05) is 66.7 Å². The molecule has 1 saturated carbocycles. The molecule has 36 heavy (non-hydrogen) atoms. The van der Waals surface area contributed by atoms with Crippen LogP contribution in [0.3, 0.4) is 0 Å². The van der Waals surface area contributed by atoms with Gasteiger partial charge in [-0.2, -0.15) is 0 Å². The summed E-state index contributed by atoms with van der Waals surface area (Å²) in [5.74, 6) is 0.679. The van der Waals surface area contributed by atoms with Gasteiger partial charge in [-0.15, -0.1) is 0 Å². The van der Waals surface area contributed by atoms with Crippen molar-refractivity contribution < 1.29 is 14.3 Å². The highest BCUT2D eigenvalue weighted by Gasteiger charge is 2.27. The van der Waals surface area contributed by atoms with E-state index in [-0.39, 0.29) is 24.3 Å². The summed E-state index contributed by atoms with van der Waals surface area (Å²) in [6.45, 7) is 3.20. The zero-order valence-electron chi connectivity index (χ0n) is 20.6. The largest absolute Gasteiger partial charge is 0.495 e. The van der Waals surface area contributed by atoms with Gasteiger partial charge < -0.3 is 25.2 Å². The molecule has 2 fully saturated rings. The van der Waals surface area contributed by atoms with Crippen LogP contribution in [0.5, 0.6) is 5.75 Å². The molecule has 2 N–H and O–H groups in total. The van der Waals surface area contributed by atoms with Crippen molar-refractivity contribution in [2.45, 2.75) is 25.3 Å². The molecule has 0 spiro atoms. The van der Waals surface area contributed by atoms with E-state index >= 15 is 0 Å². The Morgan fingerprint density at radius 3 is 2.22 bits per heavy atom. The number of hydrogen-bond acceptors (Lipinski definition) is 5. The number of amides is 2. The number of nitrogens with one attached hydrogen (secondary N) is 2. The van der Waals surface area contributed by atoms with Crippen LogP contribution < -0.4 is 25.2 Å². The van der Waals surface area contributed by atoms with E-state index in [1.54, 1.807) is 7.11 Å². The number of ether oxygens (including phenoxy) is 1. The third kappa shape index (κ3) is 5.62. The minimum atomic E-state index is -0.104. The topological polar surface area (TPSA) is 73.9 Å². The van der Waals surface area contributed by atoms with Crippen molar-refractivity contribution in [3.05, 3.63) is 83.9 Å². The molecule has 1 saturated heterocycles. The second-order valence-corrected chi connectivity index (χ2v) is 9.34. The van der Waals surface area contributed by atoms with Gasteiger partial charge in [0.1, 0.15) is 5.75 Å². The second-order valence-electron chi connectivity index (χ2n) is 9.34. The lowest BCUT2D eigenvalue weighted by molar-refractivity contribution is -0.115. The maximum atomic E-state index is 13.2. The molecule has 5 rings (SSSR count). The number of carbonyl (C=O) groups excluding carboxylic acids is 2. The van der Waals surface area contributed by atoms with Gasteiger partial charge in [0, 0.05) is 43.6 Å². The normalized spacial score (nSPS) is 15.4. The first-order valence-electron chi connectivity index (χ1n) is 12.5. The van der Waals surface area contributed by atoms with Crippen LogP contribution in [0.15, 0.2) is 72.8 Å². The zero-order chi connectivity index (χ0) is 24.9. The Balaban J connectivity index is 1.31. The molecule has 2 aliphatic rings. The van der Waals surface area contributed by atoms with Gasteiger partial charge in [0.2, 0.25) is 5.91 Å². The molecule has 2 amide bonds. The van der Waals surface area contributed by atoms with Gasteiger partial charge in [-0.25, -0.2) is 0 Å². The summed E-state index contributed by atoms with van der Waals surface area (Å²) in [6.07, 6.45) is 2.33. The Kier molecular flexibility index (Phi) is 7.07. The van der Waals surface area contributed by atoms with Crippen LogP contribution in [0, 0.1) is 0 Å². The Morgan fingerprint density at radius 1 is 0.861 bits per heavy atom. The quantitative estimate of drug-likeness (QED) is 0.504. The average Bonchev–Trinajstić information content (AvgIpc) is 3.73. The lowest BCUT2D eigenvalue weighted by Crippen LogP contribution is -2.47. The number of nitrogens with zero attached hydrogens (tertiary/aromatic N) is 2. The number of para-hydroxylation sites is 2. The first kappa shape index (κ1) is 23.7. The molecule has 1 aliphatic carbocycles. The number of hydrogen-bond donors (Lipinski definition) is 2. The molecule has 0 radical (unpaired) electrons. The summed E-state index contributed by atoms with van der Waals surface area (Å²) in [5, 5.41) is 6.08. The van der Waals surface area contributed by atoms with Gasteiger partial charge in [-0.05, 0) is 48.7 Å². The minimum Gasteiger partial charge on any atom is -0.495 e. The highest BCUT2D eigenvalue weighted by atomic mass is 16.5. The SMILES string of the molecule is COc1ccccc1N1CCN(c2ccc(NC(=O)Cc3ccccc3)cc2C(=O)NC2CC2)CC1. The molecule has 0 aromatic heterocycles. The fourth-order valence-electron chi connectivity index (χ4n) is 4.63. The number of benzene rings is 3. The zero-order valence-corrected chi connectivity index (χ0v) is 20.6. The first-order valence-corrected chi connectivity index (χ1v) is 12.5. The summed E-state index contributed by atoms with van der Waals surface area (Å²) in [5.41, 5.74) is 4.17. The fourth-order valence-corrected chi connectivity index (χ4v) is 4.63. The molecule has 7 heteroatoms. The number of methoxy groups -OCH3 is 1. The first-order chi connectivity index (χ1) is 17.6. The summed E-state index contributed by atoms with van der Waals surface area (Å²) < 4.78 is 5.54. The third-order valence-corrected chi connectivity index (χ3v) is 6.69. The summed E-state index contributed by atoms with van der Waals surface area (Å²) in [4.78, 5) is 30.4. The molecule has 7 nitrogen and oxygen atoms in total. The van der Waals surface area contributed by atoms with Crippen LogP contribution >= 0.6 is 0 Å². The van der Waals surface area contributed by atoms with Crippen LogP contribution in [0.2, 0.25) is 0 Å². The van der Waals surface area contributed by atoms with Crippen LogP contribution in [-0.4, -0.2) is 51.1 Å². The van der Waals surface area contributed by atoms with Gasteiger partial charge in [-0.1, -0.05) is 42.5 Å².